The van der Waals surface area contributed by atoms with Crippen molar-refractivity contribution in [2.75, 3.05) is 25.0 Å². The summed E-state index contributed by atoms with van der Waals surface area (Å²) in [6.45, 7) is 3.35. The largest absolute Gasteiger partial charge is 0.311 e. The molecule has 0 saturated carbocycles. The Balaban J connectivity index is 1.61. The van der Waals surface area contributed by atoms with Gasteiger partial charge in [-0.25, -0.2) is 9.97 Å². The van der Waals surface area contributed by atoms with E-state index in [4.69, 9.17) is 11.6 Å². The van der Waals surface area contributed by atoms with Gasteiger partial charge in [0, 0.05) is 31.3 Å². The van der Waals surface area contributed by atoms with Gasteiger partial charge in [0.25, 0.3) is 5.56 Å². The lowest BCUT2D eigenvalue weighted by Gasteiger charge is -2.18. The number of rotatable bonds is 3. The third-order valence-corrected chi connectivity index (χ3v) is 4.15. The van der Waals surface area contributed by atoms with Crippen molar-refractivity contribution in [3.05, 3.63) is 50.8 Å². The molecule has 1 aliphatic heterocycles. The molecule has 2 N–H and O–H groups in total. The highest BCUT2D eigenvalue weighted by atomic mass is 35.5. The van der Waals surface area contributed by atoms with Gasteiger partial charge in [-0.05, 0) is 25.5 Å². The minimum absolute atomic E-state index is 0.0748. The van der Waals surface area contributed by atoms with E-state index in [1.807, 2.05) is 4.90 Å². The summed E-state index contributed by atoms with van der Waals surface area (Å²) >= 11 is 5.77. The molecule has 8 heteroatoms. The Morgan fingerprint density at radius 2 is 2.17 bits per heavy atom. The van der Waals surface area contributed by atoms with Crippen LogP contribution in [0.5, 0.6) is 0 Å². The summed E-state index contributed by atoms with van der Waals surface area (Å²) in [5, 5.41) is 3.26. The maximum absolute atomic E-state index is 12.2. The Labute approximate surface area is 144 Å². The number of amides is 1. The van der Waals surface area contributed by atoms with Gasteiger partial charge in [0.1, 0.15) is 11.6 Å². The van der Waals surface area contributed by atoms with Gasteiger partial charge >= 0.3 is 0 Å². The fraction of sp³-hybridized carbons (Fsp3) is 0.375. The number of nitrogens with one attached hydrogen (secondary N) is 2. The summed E-state index contributed by atoms with van der Waals surface area (Å²) < 4.78 is 0. The lowest BCUT2D eigenvalue weighted by molar-refractivity contribution is -0.117. The molecule has 0 saturated heterocycles. The molecular formula is C16H18ClN5O2. The molecular weight excluding hydrogens is 330 g/mol. The van der Waals surface area contributed by atoms with Crippen molar-refractivity contribution >= 4 is 23.3 Å². The summed E-state index contributed by atoms with van der Waals surface area (Å²) in [5.41, 5.74) is 1.48. The molecule has 0 spiro atoms. The van der Waals surface area contributed by atoms with Gasteiger partial charge in [-0.3, -0.25) is 14.5 Å². The SMILES string of the molecule is Cc1nc2c(c(=O)[nH]1)CCN(CC(=O)Nc1ccc(Cl)cn1)CC2. The smallest absolute Gasteiger partial charge is 0.254 e. The van der Waals surface area contributed by atoms with Crippen LogP contribution < -0.4 is 10.9 Å². The van der Waals surface area contributed by atoms with E-state index in [0.717, 1.165) is 11.3 Å². The Kier molecular flexibility index (Phi) is 4.92. The average Bonchev–Trinajstić information content (AvgIpc) is 2.72. The first-order chi connectivity index (χ1) is 11.5. The third-order valence-electron chi connectivity index (χ3n) is 3.92. The molecule has 0 fully saturated rings. The van der Waals surface area contributed by atoms with E-state index in [1.165, 1.54) is 6.20 Å². The predicted molar refractivity (Wildman–Crippen MR) is 91.3 cm³/mol. The second-order valence-corrected chi connectivity index (χ2v) is 6.20. The minimum atomic E-state index is -0.145. The topological polar surface area (TPSA) is 91.0 Å². The summed E-state index contributed by atoms with van der Waals surface area (Å²) in [7, 11) is 0. The molecule has 24 heavy (non-hydrogen) atoms. The molecule has 3 heterocycles. The Hall–Kier alpha value is -2.25. The van der Waals surface area contributed by atoms with Crippen molar-refractivity contribution in [1.82, 2.24) is 19.9 Å². The molecule has 126 valence electrons. The van der Waals surface area contributed by atoms with Crippen LogP contribution in [0.2, 0.25) is 5.02 Å². The normalized spacial score (nSPS) is 14.8. The van der Waals surface area contributed by atoms with Crippen LogP contribution in [0.1, 0.15) is 17.1 Å². The standard InChI is InChI=1S/C16H18ClN5O2/c1-10-19-13-5-7-22(6-4-12(13)16(24)20-10)9-15(23)21-14-3-2-11(17)8-18-14/h2-3,8H,4-7,9H2,1H3,(H,18,21,23)(H,19,20,24). The van der Waals surface area contributed by atoms with E-state index in [0.29, 0.717) is 42.6 Å². The van der Waals surface area contributed by atoms with E-state index >= 15 is 0 Å². The highest BCUT2D eigenvalue weighted by molar-refractivity contribution is 6.30. The zero-order chi connectivity index (χ0) is 17.1. The van der Waals surface area contributed by atoms with E-state index in [1.54, 1.807) is 19.1 Å². The summed E-state index contributed by atoms with van der Waals surface area (Å²) in [6, 6.07) is 3.33. The lowest BCUT2D eigenvalue weighted by atomic mass is 10.1. The van der Waals surface area contributed by atoms with Crippen molar-refractivity contribution in [2.45, 2.75) is 19.8 Å². The van der Waals surface area contributed by atoms with Gasteiger partial charge in [-0.15, -0.1) is 0 Å². The second-order valence-electron chi connectivity index (χ2n) is 5.76. The number of fused-ring (bicyclic) bond motifs is 1. The van der Waals surface area contributed by atoms with Crippen LogP contribution in [-0.2, 0) is 17.6 Å². The first kappa shape index (κ1) is 16.6. The first-order valence-electron chi connectivity index (χ1n) is 7.73. The lowest BCUT2D eigenvalue weighted by Crippen LogP contribution is -2.35. The van der Waals surface area contributed by atoms with Crippen LogP contribution in [-0.4, -0.2) is 45.4 Å². The Morgan fingerprint density at radius 3 is 2.92 bits per heavy atom. The number of hydrogen-bond acceptors (Lipinski definition) is 5. The number of anilines is 1. The monoisotopic (exact) mass is 347 g/mol. The number of aromatic nitrogens is 3. The number of halogens is 1. The van der Waals surface area contributed by atoms with Crippen LogP contribution in [0, 0.1) is 6.92 Å². The van der Waals surface area contributed by atoms with Crippen molar-refractivity contribution < 1.29 is 4.79 Å². The number of pyridine rings is 1. The van der Waals surface area contributed by atoms with Crippen LogP contribution in [0.3, 0.4) is 0 Å². The number of nitrogens with zero attached hydrogens (tertiary/aromatic N) is 3. The molecule has 0 bridgehead atoms. The van der Waals surface area contributed by atoms with Crippen molar-refractivity contribution in [2.24, 2.45) is 0 Å². The molecule has 1 amide bonds. The van der Waals surface area contributed by atoms with E-state index in [2.05, 4.69) is 20.3 Å². The highest BCUT2D eigenvalue weighted by Gasteiger charge is 2.19. The van der Waals surface area contributed by atoms with Crippen LogP contribution in [0.25, 0.3) is 0 Å². The van der Waals surface area contributed by atoms with E-state index in [-0.39, 0.29) is 18.0 Å². The minimum Gasteiger partial charge on any atom is -0.311 e. The van der Waals surface area contributed by atoms with Gasteiger partial charge in [-0.2, -0.15) is 0 Å². The quantitative estimate of drug-likeness (QED) is 0.869. The molecule has 7 nitrogen and oxygen atoms in total. The van der Waals surface area contributed by atoms with Crippen LogP contribution in [0.4, 0.5) is 5.82 Å². The first-order valence-corrected chi connectivity index (χ1v) is 8.11. The third kappa shape index (κ3) is 3.98. The summed E-state index contributed by atoms with van der Waals surface area (Å²) in [4.78, 5) is 37.4. The van der Waals surface area contributed by atoms with Gasteiger partial charge < -0.3 is 10.3 Å². The number of carbonyl (C=O) groups excluding carboxylic acids is 1. The molecule has 0 aromatic carbocycles. The molecule has 0 unspecified atom stereocenters. The van der Waals surface area contributed by atoms with E-state index < -0.39 is 0 Å². The molecule has 2 aromatic heterocycles. The highest BCUT2D eigenvalue weighted by Crippen LogP contribution is 2.12. The number of H-pyrrole nitrogens is 1. The van der Waals surface area contributed by atoms with Gasteiger partial charge in [-0.1, -0.05) is 11.6 Å². The predicted octanol–water partition coefficient (Wildman–Crippen LogP) is 1.17. The molecule has 1 aliphatic rings. The van der Waals surface area contributed by atoms with Gasteiger partial charge in [0.05, 0.1) is 17.3 Å². The van der Waals surface area contributed by atoms with Crippen molar-refractivity contribution in [3.63, 3.8) is 0 Å². The fourth-order valence-corrected chi connectivity index (χ4v) is 2.88. The summed E-state index contributed by atoms with van der Waals surface area (Å²) in [5.74, 6) is 0.948. The zero-order valence-electron chi connectivity index (χ0n) is 13.3. The Morgan fingerprint density at radius 1 is 1.38 bits per heavy atom. The summed E-state index contributed by atoms with van der Waals surface area (Å²) in [6.07, 6.45) is 2.73. The maximum Gasteiger partial charge on any atom is 0.254 e. The average molecular weight is 348 g/mol. The maximum atomic E-state index is 12.2. The fourth-order valence-electron chi connectivity index (χ4n) is 2.77. The van der Waals surface area contributed by atoms with E-state index in [9.17, 15) is 9.59 Å². The molecule has 0 atom stereocenters. The van der Waals surface area contributed by atoms with Crippen molar-refractivity contribution in [3.8, 4) is 0 Å². The number of hydrogen-bond donors (Lipinski definition) is 2. The second kappa shape index (κ2) is 7.11. The Bertz CT molecular complexity index is 803. The molecule has 3 rings (SSSR count). The molecule has 2 aromatic rings. The zero-order valence-corrected chi connectivity index (χ0v) is 14.1. The van der Waals surface area contributed by atoms with Crippen LogP contribution >= 0.6 is 11.6 Å². The van der Waals surface area contributed by atoms with Gasteiger partial charge in [0.2, 0.25) is 5.91 Å². The molecule has 0 aliphatic carbocycles. The van der Waals surface area contributed by atoms with Crippen molar-refractivity contribution in [1.29, 1.82) is 0 Å². The molecule has 0 radical (unpaired) electrons. The van der Waals surface area contributed by atoms with Gasteiger partial charge in [0.15, 0.2) is 0 Å². The van der Waals surface area contributed by atoms with Crippen LogP contribution in [0.15, 0.2) is 23.1 Å². The number of aryl methyl sites for hydroxylation is 1. The number of aromatic amines is 1. The number of carbonyl (C=O) groups is 1.